The summed E-state index contributed by atoms with van der Waals surface area (Å²) < 4.78 is 126. The van der Waals surface area contributed by atoms with Gasteiger partial charge >= 0.3 is 12.4 Å². The number of benzene rings is 4. The smallest absolute Gasteiger partial charge is 0.411 e. The SMILES string of the molecule is CCC1CCC(c2ccc(Cc3c(Oc4cccc(C(F)OCC(F)(F)F)c4Cc4ccc(C5CCC(CC)CC5)cc4)cccc3C(F)OCC(F)(F)F)cc2)CC1. The molecule has 2 fully saturated rings. The van der Waals surface area contributed by atoms with Crippen molar-refractivity contribution in [3.8, 4) is 11.5 Å². The summed E-state index contributed by atoms with van der Waals surface area (Å²) in [7, 11) is 0. The fraction of sp³-hybridized carbons (Fsp3) is 0.500. The summed E-state index contributed by atoms with van der Waals surface area (Å²) in [5, 5.41) is 0. The van der Waals surface area contributed by atoms with Crippen molar-refractivity contribution in [1.29, 1.82) is 0 Å². The summed E-state index contributed by atoms with van der Waals surface area (Å²) in [4.78, 5) is 0. The van der Waals surface area contributed by atoms with Crippen LogP contribution in [0.25, 0.3) is 0 Å². The minimum Gasteiger partial charge on any atom is -0.457 e. The maximum absolute atomic E-state index is 15.7. The molecular weight excluding hydrogens is 777 g/mol. The summed E-state index contributed by atoms with van der Waals surface area (Å²) in [6.07, 6.45) is -3.02. The van der Waals surface area contributed by atoms with Crippen LogP contribution in [0.4, 0.5) is 35.1 Å². The molecule has 0 bridgehead atoms. The van der Waals surface area contributed by atoms with Crippen molar-refractivity contribution in [1.82, 2.24) is 0 Å². The number of rotatable bonds is 16. The van der Waals surface area contributed by atoms with Crippen molar-refractivity contribution in [2.24, 2.45) is 11.8 Å². The molecule has 0 saturated heterocycles. The van der Waals surface area contributed by atoms with Gasteiger partial charge in [0.25, 0.3) is 0 Å². The van der Waals surface area contributed by atoms with E-state index in [-0.39, 0.29) is 46.6 Å². The summed E-state index contributed by atoms with van der Waals surface area (Å²) in [6.45, 7) is 0.805. The third-order valence-corrected chi connectivity index (χ3v) is 12.3. The largest absolute Gasteiger partial charge is 0.457 e. The molecule has 0 spiro atoms. The number of hydrogen-bond acceptors (Lipinski definition) is 3. The zero-order chi connectivity index (χ0) is 42.2. The Morgan fingerprint density at radius 3 is 1.19 bits per heavy atom. The molecule has 2 saturated carbocycles. The zero-order valence-corrected chi connectivity index (χ0v) is 33.7. The monoisotopic (exact) mass is 830 g/mol. The molecule has 0 radical (unpaired) electrons. The second-order valence-electron chi connectivity index (χ2n) is 16.3. The highest BCUT2D eigenvalue weighted by Gasteiger charge is 2.33. The third kappa shape index (κ3) is 12.5. The first-order valence-electron chi connectivity index (χ1n) is 20.9. The standard InChI is InChI=1S/C48H54F8O3/c1-3-31-11-19-35(20-12-31)37-23-15-33(16-24-37)27-41-39(45(49)57-29-47(51,52)53)7-5-9-43(41)59-44-10-6-8-40(46(50)58-30-48(54,55)56)42(44)28-34-17-25-38(26-18-34)36-21-13-32(4-2)14-22-36/h5-10,15-18,23-26,31-32,35-36,45-46H,3-4,11-14,19-22,27-30H2,1-2H3. The van der Waals surface area contributed by atoms with E-state index in [4.69, 9.17) is 4.74 Å². The first-order valence-corrected chi connectivity index (χ1v) is 20.9. The van der Waals surface area contributed by atoms with Crippen molar-refractivity contribution >= 4 is 0 Å². The summed E-state index contributed by atoms with van der Waals surface area (Å²) in [6, 6.07) is 24.4. The topological polar surface area (TPSA) is 27.7 Å². The molecule has 4 aromatic carbocycles. The molecule has 0 N–H and O–H groups in total. The lowest BCUT2D eigenvalue weighted by Gasteiger charge is -2.28. The average Bonchev–Trinajstić information content (AvgIpc) is 3.23. The lowest BCUT2D eigenvalue weighted by atomic mass is 9.77. The Morgan fingerprint density at radius 1 is 0.508 bits per heavy atom. The molecule has 6 rings (SSSR count). The van der Waals surface area contributed by atoms with Crippen molar-refractivity contribution in [2.75, 3.05) is 13.2 Å². The molecule has 0 aromatic heterocycles. The van der Waals surface area contributed by atoms with Crippen LogP contribution in [0.3, 0.4) is 0 Å². The second-order valence-corrected chi connectivity index (χ2v) is 16.3. The molecule has 3 nitrogen and oxygen atoms in total. The van der Waals surface area contributed by atoms with E-state index in [9.17, 15) is 26.3 Å². The predicted octanol–water partition coefficient (Wildman–Crippen LogP) is 15.1. The van der Waals surface area contributed by atoms with Crippen molar-refractivity contribution in [3.05, 3.63) is 129 Å². The van der Waals surface area contributed by atoms with E-state index in [0.29, 0.717) is 11.8 Å². The second kappa shape index (κ2) is 20.1. The van der Waals surface area contributed by atoms with E-state index >= 15 is 8.78 Å². The van der Waals surface area contributed by atoms with Crippen LogP contribution in [-0.4, -0.2) is 25.6 Å². The van der Waals surface area contributed by atoms with E-state index in [1.807, 2.05) is 48.5 Å². The number of ether oxygens (including phenoxy) is 3. The molecule has 4 aromatic rings. The van der Waals surface area contributed by atoms with Crippen LogP contribution < -0.4 is 4.74 Å². The maximum atomic E-state index is 15.7. The molecule has 11 heteroatoms. The Hall–Kier alpha value is -3.96. The highest BCUT2D eigenvalue weighted by atomic mass is 19.4. The van der Waals surface area contributed by atoms with Crippen LogP contribution in [0.5, 0.6) is 11.5 Å². The molecular formula is C48H54F8O3. The lowest BCUT2D eigenvalue weighted by molar-refractivity contribution is -0.203. The van der Waals surface area contributed by atoms with E-state index in [1.54, 1.807) is 0 Å². The molecule has 0 aliphatic heterocycles. The van der Waals surface area contributed by atoms with Gasteiger partial charge < -0.3 is 14.2 Å². The molecule has 0 heterocycles. The number of hydrogen-bond donors (Lipinski definition) is 0. The quantitative estimate of drug-likeness (QED) is 0.105. The van der Waals surface area contributed by atoms with E-state index in [0.717, 1.165) is 61.5 Å². The third-order valence-electron chi connectivity index (χ3n) is 12.3. The highest BCUT2D eigenvalue weighted by molar-refractivity contribution is 5.51. The molecule has 2 unspecified atom stereocenters. The van der Waals surface area contributed by atoms with Crippen LogP contribution in [0, 0.1) is 11.8 Å². The molecule has 2 atom stereocenters. The highest BCUT2D eigenvalue weighted by Crippen LogP contribution is 2.42. The first kappa shape index (κ1) is 44.6. The molecule has 2 aliphatic carbocycles. The van der Waals surface area contributed by atoms with Gasteiger partial charge in [0.15, 0.2) is 0 Å². The van der Waals surface area contributed by atoms with Crippen molar-refractivity contribution in [2.45, 2.75) is 128 Å². The van der Waals surface area contributed by atoms with E-state index < -0.39 is 38.3 Å². The van der Waals surface area contributed by atoms with Gasteiger partial charge in [0.1, 0.15) is 24.7 Å². The number of halogens is 8. The summed E-state index contributed by atoms with van der Waals surface area (Å²) in [5.74, 6) is 2.46. The Morgan fingerprint density at radius 2 is 0.864 bits per heavy atom. The lowest BCUT2D eigenvalue weighted by Crippen LogP contribution is -2.19. The van der Waals surface area contributed by atoms with E-state index in [2.05, 4.69) is 23.3 Å². The Labute approximate surface area is 342 Å². The number of alkyl halides is 8. The van der Waals surface area contributed by atoms with Crippen LogP contribution >= 0.6 is 0 Å². The van der Waals surface area contributed by atoms with Gasteiger partial charge in [-0.3, -0.25) is 0 Å². The normalized spacial score (nSPS) is 21.3. The fourth-order valence-electron chi connectivity index (χ4n) is 8.83. The van der Waals surface area contributed by atoms with Crippen LogP contribution in [0.15, 0.2) is 84.9 Å². The molecule has 59 heavy (non-hydrogen) atoms. The molecule has 0 amide bonds. The minimum atomic E-state index is -4.77. The predicted molar refractivity (Wildman–Crippen MR) is 213 cm³/mol. The van der Waals surface area contributed by atoms with Gasteiger partial charge in [-0.15, -0.1) is 0 Å². The molecule has 320 valence electrons. The van der Waals surface area contributed by atoms with Crippen LogP contribution in [-0.2, 0) is 22.3 Å². The Kier molecular flexibility index (Phi) is 15.2. The average molecular weight is 831 g/mol. The summed E-state index contributed by atoms with van der Waals surface area (Å²) >= 11 is 0. The van der Waals surface area contributed by atoms with Crippen molar-refractivity contribution < 1.29 is 49.3 Å². The fourth-order valence-corrected chi connectivity index (χ4v) is 8.83. The van der Waals surface area contributed by atoms with E-state index in [1.165, 1.54) is 73.2 Å². The van der Waals surface area contributed by atoms with Crippen LogP contribution in [0.2, 0.25) is 0 Å². The summed E-state index contributed by atoms with van der Waals surface area (Å²) in [5.41, 5.74) is 3.95. The van der Waals surface area contributed by atoms with Gasteiger partial charge in [0, 0.05) is 35.1 Å². The maximum Gasteiger partial charge on any atom is 0.411 e. The zero-order valence-electron chi connectivity index (χ0n) is 33.7. The van der Waals surface area contributed by atoms with Gasteiger partial charge in [0.05, 0.1) is 0 Å². The minimum absolute atomic E-state index is 0.0568. The Balaban J connectivity index is 1.32. The Bertz CT molecular complexity index is 1770. The first-order chi connectivity index (χ1) is 28.2. The van der Waals surface area contributed by atoms with Crippen LogP contribution in [0.1, 0.15) is 147 Å². The van der Waals surface area contributed by atoms with Gasteiger partial charge in [-0.05, 0) is 109 Å². The van der Waals surface area contributed by atoms with Gasteiger partial charge in [-0.25, -0.2) is 8.78 Å². The van der Waals surface area contributed by atoms with Crippen molar-refractivity contribution in [3.63, 3.8) is 0 Å². The van der Waals surface area contributed by atoms with Gasteiger partial charge in [0.2, 0.25) is 12.7 Å². The van der Waals surface area contributed by atoms with Gasteiger partial charge in [-0.2, -0.15) is 26.3 Å². The molecule has 2 aliphatic rings. The van der Waals surface area contributed by atoms with Gasteiger partial charge in [-0.1, -0.05) is 99.5 Å².